The van der Waals surface area contributed by atoms with E-state index in [1.807, 2.05) is 0 Å². The van der Waals surface area contributed by atoms with Gasteiger partial charge in [0.25, 0.3) is 15.9 Å². The van der Waals surface area contributed by atoms with Gasteiger partial charge in [0.2, 0.25) is 0 Å². The summed E-state index contributed by atoms with van der Waals surface area (Å²) in [6.07, 6.45) is -1.73. The van der Waals surface area contributed by atoms with Crippen molar-refractivity contribution in [2.24, 2.45) is 0 Å². The van der Waals surface area contributed by atoms with Crippen LogP contribution in [0.15, 0.2) is 53.4 Å². The quantitative estimate of drug-likeness (QED) is 0.683. The second-order valence-electron chi connectivity index (χ2n) is 6.89. The fraction of sp³-hybridized carbons (Fsp3) is 0.350. The molecule has 0 aromatic heterocycles. The molecule has 2 aromatic rings. The van der Waals surface area contributed by atoms with E-state index < -0.39 is 21.8 Å². The number of ether oxygens (including phenoxy) is 1. The summed E-state index contributed by atoms with van der Waals surface area (Å²) in [6.45, 7) is 1.18. The number of halogens is 3. The molecular weight excluding hydrogens is 421 g/mol. The summed E-state index contributed by atoms with van der Waals surface area (Å²) >= 11 is 0. The predicted octanol–water partition coefficient (Wildman–Crippen LogP) is 3.81. The first-order valence-electron chi connectivity index (χ1n) is 9.35. The highest BCUT2D eigenvalue weighted by Crippen LogP contribution is 2.31. The molecule has 1 amide bonds. The third kappa shape index (κ3) is 5.73. The minimum absolute atomic E-state index is 0.153. The maximum Gasteiger partial charge on any atom is 0.416 e. The van der Waals surface area contributed by atoms with E-state index in [2.05, 4.69) is 10.0 Å². The lowest BCUT2D eigenvalue weighted by Gasteiger charge is -2.12. The Labute approximate surface area is 172 Å². The average molecular weight is 442 g/mol. The molecule has 2 N–H and O–H groups in total. The number of hydrogen-bond acceptors (Lipinski definition) is 4. The number of carbonyl (C=O) groups is 1. The molecule has 0 saturated carbocycles. The topological polar surface area (TPSA) is 84.5 Å². The zero-order valence-electron chi connectivity index (χ0n) is 15.9. The summed E-state index contributed by atoms with van der Waals surface area (Å²) < 4.78 is 70.9. The number of hydrogen-bond donors (Lipinski definition) is 2. The number of alkyl halides is 3. The van der Waals surface area contributed by atoms with E-state index in [-0.39, 0.29) is 28.2 Å². The van der Waals surface area contributed by atoms with Crippen molar-refractivity contribution in [1.82, 2.24) is 5.32 Å². The average Bonchev–Trinajstić information content (AvgIpc) is 3.21. The number of amides is 1. The van der Waals surface area contributed by atoms with Gasteiger partial charge in [0, 0.05) is 24.4 Å². The van der Waals surface area contributed by atoms with Crippen molar-refractivity contribution in [1.29, 1.82) is 0 Å². The number of rotatable bonds is 7. The molecule has 0 spiro atoms. The number of benzene rings is 2. The number of nitrogens with one attached hydrogen (secondary N) is 2. The van der Waals surface area contributed by atoms with E-state index in [1.165, 1.54) is 30.3 Å². The van der Waals surface area contributed by atoms with E-state index >= 15 is 0 Å². The lowest BCUT2D eigenvalue weighted by Crippen LogP contribution is -2.27. The molecule has 6 nitrogen and oxygen atoms in total. The predicted molar refractivity (Wildman–Crippen MR) is 105 cm³/mol. The lowest BCUT2D eigenvalue weighted by molar-refractivity contribution is -0.137. The highest BCUT2D eigenvalue weighted by molar-refractivity contribution is 7.92. The lowest BCUT2D eigenvalue weighted by atomic mass is 10.1. The van der Waals surface area contributed by atoms with Gasteiger partial charge in [-0.25, -0.2) is 8.42 Å². The van der Waals surface area contributed by atoms with Crippen LogP contribution in [0.3, 0.4) is 0 Å². The Kier molecular flexibility index (Phi) is 6.67. The van der Waals surface area contributed by atoms with Gasteiger partial charge in [-0.1, -0.05) is 6.07 Å². The first kappa shape index (κ1) is 22.1. The summed E-state index contributed by atoms with van der Waals surface area (Å²) in [4.78, 5) is 12.0. The van der Waals surface area contributed by atoms with Crippen LogP contribution in [0.5, 0.6) is 0 Å². The van der Waals surface area contributed by atoms with Crippen molar-refractivity contribution in [2.45, 2.75) is 36.4 Å². The van der Waals surface area contributed by atoms with Gasteiger partial charge in [-0.05, 0) is 61.7 Å². The van der Waals surface area contributed by atoms with Crippen LogP contribution in [0, 0.1) is 0 Å². The van der Waals surface area contributed by atoms with Gasteiger partial charge in [-0.3, -0.25) is 9.52 Å². The molecule has 0 radical (unpaired) electrons. The van der Waals surface area contributed by atoms with E-state index in [9.17, 15) is 26.4 Å². The summed E-state index contributed by atoms with van der Waals surface area (Å²) in [7, 11) is -4.11. The van der Waals surface area contributed by atoms with Crippen LogP contribution in [-0.4, -0.2) is 33.6 Å². The maximum atomic E-state index is 12.8. The van der Waals surface area contributed by atoms with Gasteiger partial charge in [-0.15, -0.1) is 0 Å². The summed E-state index contributed by atoms with van der Waals surface area (Å²) in [5, 5.41) is 2.75. The fourth-order valence-corrected chi connectivity index (χ4v) is 4.13. The van der Waals surface area contributed by atoms with Crippen molar-refractivity contribution >= 4 is 21.6 Å². The molecule has 1 unspecified atom stereocenters. The zero-order chi connectivity index (χ0) is 21.8. The summed E-state index contributed by atoms with van der Waals surface area (Å²) in [5.41, 5.74) is -0.890. The van der Waals surface area contributed by atoms with Crippen molar-refractivity contribution in [3.8, 4) is 0 Å². The molecule has 1 fully saturated rings. The molecule has 1 saturated heterocycles. The minimum Gasteiger partial charge on any atom is -0.378 e. The van der Waals surface area contributed by atoms with Crippen LogP contribution in [0.2, 0.25) is 0 Å². The molecule has 162 valence electrons. The molecule has 10 heteroatoms. The second-order valence-corrected chi connectivity index (χ2v) is 8.57. The molecule has 1 atom stereocenters. The molecule has 1 heterocycles. The number of sulfonamides is 1. The summed E-state index contributed by atoms with van der Waals surface area (Å²) in [6, 6.07) is 9.06. The van der Waals surface area contributed by atoms with Crippen LogP contribution in [0.4, 0.5) is 18.9 Å². The Hall–Kier alpha value is -2.59. The van der Waals surface area contributed by atoms with Gasteiger partial charge >= 0.3 is 6.18 Å². The van der Waals surface area contributed by atoms with E-state index in [4.69, 9.17) is 4.74 Å². The van der Waals surface area contributed by atoms with Gasteiger partial charge < -0.3 is 10.1 Å². The standard InChI is InChI=1S/C20H21F3N2O4S/c21-20(22,23)15-3-1-4-16(13-15)25-30(27,28)18-8-6-14(7-9-18)19(26)24-11-10-17-5-2-12-29-17/h1,3-4,6-9,13,17,25H,2,5,10-12H2,(H,24,26). The number of carbonyl (C=O) groups excluding carboxylic acids is 1. The van der Waals surface area contributed by atoms with Crippen LogP contribution >= 0.6 is 0 Å². The largest absolute Gasteiger partial charge is 0.416 e. The molecule has 0 bridgehead atoms. The second kappa shape index (κ2) is 9.05. The third-order valence-electron chi connectivity index (χ3n) is 4.64. The minimum atomic E-state index is -4.58. The normalized spacial score (nSPS) is 17.0. The molecular formula is C20H21F3N2O4S. The van der Waals surface area contributed by atoms with E-state index in [1.54, 1.807) is 0 Å². The van der Waals surface area contributed by atoms with Crippen molar-refractivity contribution in [3.05, 3.63) is 59.7 Å². The molecule has 1 aliphatic rings. The van der Waals surface area contributed by atoms with Gasteiger partial charge in [0.15, 0.2) is 0 Å². The van der Waals surface area contributed by atoms with Crippen molar-refractivity contribution in [2.75, 3.05) is 17.9 Å². The van der Waals surface area contributed by atoms with E-state index in [0.29, 0.717) is 19.0 Å². The SMILES string of the molecule is O=C(NCCC1CCCO1)c1ccc(S(=O)(=O)Nc2cccc(C(F)(F)F)c2)cc1. The highest BCUT2D eigenvalue weighted by atomic mass is 32.2. The molecule has 30 heavy (non-hydrogen) atoms. The monoisotopic (exact) mass is 442 g/mol. The Morgan fingerprint density at radius 1 is 1.13 bits per heavy atom. The summed E-state index contributed by atoms with van der Waals surface area (Å²) in [5.74, 6) is -0.345. The molecule has 3 rings (SSSR count). The Balaban J connectivity index is 1.62. The van der Waals surface area contributed by atoms with Crippen LogP contribution < -0.4 is 10.0 Å². The maximum absolute atomic E-state index is 12.8. The molecule has 2 aromatic carbocycles. The molecule has 0 aliphatic carbocycles. The van der Waals surface area contributed by atoms with Crippen LogP contribution in [0.25, 0.3) is 0 Å². The van der Waals surface area contributed by atoms with Gasteiger partial charge in [0.1, 0.15) is 0 Å². The van der Waals surface area contributed by atoms with Crippen LogP contribution in [-0.2, 0) is 20.9 Å². The smallest absolute Gasteiger partial charge is 0.378 e. The zero-order valence-corrected chi connectivity index (χ0v) is 16.7. The van der Waals surface area contributed by atoms with Gasteiger partial charge in [-0.2, -0.15) is 13.2 Å². The Bertz CT molecular complexity index is 986. The first-order valence-corrected chi connectivity index (χ1v) is 10.8. The highest BCUT2D eigenvalue weighted by Gasteiger charge is 2.30. The van der Waals surface area contributed by atoms with Crippen molar-refractivity contribution in [3.63, 3.8) is 0 Å². The molecule has 1 aliphatic heterocycles. The van der Waals surface area contributed by atoms with Crippen LogP contribution in [0.1, 0.15) is 35.2 Å². The van der Waals surface area contributed by atoms with Gasteiger partial charge in [0.05, 0.1) is 16.6 Å². The van der Waals surface area contributed by atoms with Crippen molar-refractivity contribution < 1.29 is 31.1 Å². The Morgan fingerprint density at radius 3 is 2.50 bits per heavy atom. The van der Waals surface area contributed by atoms with E-state index in [0.717, 1.165) is 31.6 Å². The Morgan fingerprint density at radius 2 is 1.87 bits per heavy atom. The first-order chi connectivity index (χ1) is 14.1. The number of anilines is 1. The third-order valence-corrected chi connectivity index (χ3v) is 6.04. The fourth-order valence-electron chi connectivity index (χ4n) is 3.08.